The van der Waals surface area contributed by atoms with Crippen molar-refractivity contribution in [3.63, 3.8) is 0 Å². The normalized spacial score (nSPS) is 11.9. The predicted octanol–water partition coefficient (Wildman–Crippen LogP) is 2.49. The number of rotatable bonds is 6. The van der Waals surface area contributed by atoms with Gasteiger partial charge in [0, 0.05) is 17.3 Å². The lowest BCUT2D eigenvalue weighted by molar-refractivity contribution is -0.116. The van der Waals surface area contributed by atoms with Gasteiger partial charge in [0.25, 0.3) is 0 Å². The van der Waals surface area contributed by atoms with Crippen molar-refractivity contribution in [3.8, 4) is 5.75 Å². The number of ether oxygens (including phenoxy) is 1. The molecule has 0 fully saturated rings. The van der Waals surface area contributed by atoms with E-state index >= 15 is 0 Å². The van der Waals surface area contributed by atoms with Gasteiger partial charge in [-0.15, -0.1) is 0 Å². The van der Waals surface area contributed by atoms with E-state index in [0.29, 0.717) is 23.0 Å². The largest absolute Gasteiger partial charge is 0.489 e. The molecule has 0 aliphatic heterocycles. The van der Waals surface area contributed by atoms with Crippen molar-refractivity contribution in [2.24, 2.45) is 0 Å². The Hall–Kier alpha value is -1.90. The van der Waals surface area contributed by atoms with Crippen LogP contribution in [0.4, 0.5) is 0 Å². The summed E-state index contributed by atoms with van der Waals surface area (Å²) in [5.74, 6) is 0.778. The summed E-state index contributed by atoms with van der Waals surface area (Å²) in [7, 11) is -2.73. The van der Waals surface area contributed by atoms with Crippen molar-refractivity contribution in [3.05, 3.63) is 59.7 Å². The second-order valence-corrected chi connectivity index (χ2v) is 5.92. The molecule has 2 aromatic carbocycles. The van der Waals surface area contributed by atoms with E-state index in [9.17, 15) is 14.3 Å². The van der Waals surface area contributed by atoms with Gasteiger partial charge in [0.1, 0.15) is 18.1 Å². The summed E-state index contributed by atoms with van der Waals surface area (Å²) < 4.78 is 16.9. The summed E-state index contributed by atoms with van der Waals surface area (Å²) in [6.07, 6.45) is 0.412. The number of carbonyl (C=O) groups excluding carboxylic acids is 1. The molecule has 0 aliphatic rings. The predicted molar refractivity (Wildman–Crippen MR) is 82.5 cm³/mol. The van der Waals surface area contributed by atoms with E-state index in [0.717, 1.165) is 5.56 Å². The van der Waals surface area contributed by atoms with Crippen LogP contribution in [0.1, 0.15) is 18.1 Å². The van der Waals surface area contributed by atoms with Gasteiger partial charge in [-0.1, -0.05) is 30.3 Å². The molecule has 1 atom stereocenters. The van der Waals surface area contributed by atoms with E-state index in [1.54, 1.807) is 37.3 Å². The molecule has 0 bridgehead atoms. The van der Waals surface area contributed by atoms with Crippen molar-refractivity contribution in [2.75, 3.05) is 0 Å². The van der Waals surface area contributed by atoms with Gasteiger partial charge in [-0.25, -0.2) is 0 Å². The minimum Gasteiger partial charge on any atom is -0.489 e. The van der Waals surface area contributed by atoms with Crippen LogP contribution in [0.3, 0.4) is 0 Å². The summed E-state index contributed by atoms with van der Waals surface area (Å²) in [4.78, 5) is 20.3. The summed E-state index contributed by atoms with van der Waals surface area (Å²) in [5.41, 5.74) is 1.65. The highest BCUT2D eigenvalue weighted by atomic mass is 31.1. The van der Waals surface area contributed by atoms with Crippen molar-refractivity contribution in [1.29, 1.82) is 0 Å². The van der Waals surface area contributed by atoms with Crippen LogP contribution in [0, 0.1) is 0 Å². The first-order valence-corrected chi connectivity index (χ1v) is 7.94. The zero-order valence-electron chi connectivity index (χ0n) is 11.7. The topological polar surface area (TPSA) is 63.6 Å². The van der Waals surface area contributed by atoms with Crippen LogP contribution < -0.4 is 10.0 Å². The molecule has 21 heavy (non-hydrogen) atoms. The first-order chi connectivity index (χ1) is 10.1. The molecule has 5 heteroatoms. The van der Waals surface area contributed by atoms with Gasteiger partial charge >= 0.3 is 0 Å². The molecule has 1 unspecified atom stereocenters. The summed E-state index contributed by atoms with van der Waals surface area (Å²) >= 11 is 0. The van der Waals surface area contributed by atoms with E-state index in [1.165, 1.54) is 0 Å². The third-order valence-corrected chi connectivity index (χ3v) is 3.97. The van der Waals surface area contributed by atoms with Crippen LogP contribution in [0.5, 0.6) is 5.75 Å². The van der Waals surface area contributed by atoms with Gasteiger partial charge in [-0.2, -0.15) is 0 Å². The fourth-order valence-corrected chi connectivity index (χ4v) is 2.68. The van der Waals surface area contributed by atoms with Crippen LogP contribution in [0.2, 0.25) is 0 Å². The molecular weight excluding hydrogens is 287 g/mol. The molecule has 2 aromatic rings. The van der Waals surface area contributed by atoms with Crippen molar-refractivity contribution >= 4 is 19.1 Å². The van der Waals surface area contributed by atoms with Crippen LogP contribution in [-0.2, 0) is 22.4 Å². The highest BCUT2D eigenvalue weighted by Gasteiger charge is 2.07. The van der Waals surface area contributed by atoms with Gasteiger partial charge in [-0.05, 0) is 30.7 Å². The lowest BCUT2D eigenvalue weighted by atomic mass is 10.1. The fourth-order valence-electron chi connectivity index (χ4n) is 2.01. The van der Waals surface area contributed by atoms with Gasteiger partial charge in [0.05, 0.1) is 0 Å². The summed E-state index contributed by atoms with van der Waals surface area (Å²) in [6, 6.07) is 14.2. The average Bonchev–Trinajstić information content (AvgIpc) is 2.46. The van der Waals surface area contributed by atoms with Crippen molar-refractivity contribution in [1.82, 2.24) is 0 Å². The Labute approximate surface area is 124 Å². The molecule has 4 nitrogen and oxygen atoms in total. The maximum Gasteiger partial charge on any atom is 0.218 e. The molecule has 0 radical (unpaired) electrons. The van der Waals surface area contributed by atoms with Gasteiger partial charge in [-0.3, -0.25) is 9.36 Å². The van der Waals surface area contributed by atoms with Crippen LogP contribution in [-0.4, -0.2) is 10.7 Å². The first kappa shape index (κ1) is 15.5. The number of Topliss-reactive ketones (excluding diaryl/α,β-unsaturated/α-hetero) is 1. The Balaban J connectivity index is 2.03. The number of hydrogen-bond acceptors (Lipinski definition) is 3. The molecule has 0 aromatic heterocycles. The quantitative estimate of drug-likeness (QED) is 0.833. The monoisotopic (exact) mass is 304 g/mol. The van der Waals surface area contributed by atoms with Crippen LogP contribution in [0.15, 0.2) is 48.5 Å². The van der Waals surface area contributed by atoms with Crippen LogP contribution in [0.25, 0.3) is 0 Å². The van der Waals surface area contributed by atoms with E-state index in [1.807, 2.05) is 18.2 Å². The van der Waals surface area contributed by atoms with Crippen molar-refractivity contribution in [2.45, 2.75) is 20.0 Å². The van der Waals surface area contributed by atoms with Gasteiger partial charge in [0.2, 0.25) is 8.03 Å². The molecule has 2 rings (SSSR count). The van der Waals surface area contributed by atoms with Crippen LogP contribution >= 0.6 is 8.03 Å². The highest BCUT2D eigenvalue weighted by molar-refractivity contribution is 7.47. The molecule has 0 aliphatic carbocycles. The Morgan fingerprint density at radius 3 is 2.43 bits per heavy atom. The number of hydrogen-bond donors (Lipinski definition) is 1. The molecule has 0 saturated heterocycles. The Kier molecular flexibility index (Phi) is 5.32. The molecule has 0 heterocycles. The van der Waals surface area contributed by atoms with E-state index in [4.69, 9.17) is 4.74 Å². The SMILES string of the molecule is CC(=O)Cc1ccc(OCc2ccccc2[PH](=O)O)cc1. The highest BCUT2D eigenvalue weighted by Crippen LogP contribution is 2.19. The second-order valence-electron chi connectivity index (χ2n) is 4.77. The third kappa shape index (κ3) is 4.55. The molecule has 0 spiro atoms. The minimum atomic E-state index is -2.73. The molecular formula is C16H17O4P. The average molecular weight is 304 g/mol. The fraction of sp³-hybridized carbons (Fsp3) is 0.188. The zero-order valence-corrected chi connectivity index (χ0v) is 12.7. The van der Waals surface area contributed by atoms with Gasteiger partial charge < -0.3 is 9.63 Å². The zero-order chi connectivity index (χ0) is 15.2. The van der Waals surface area contributed by atoms with Crippen molar-refractivity contribution < 1.29 is 19.0 Å². The lowest BCUT2D eigenvalue weighted by Crippen LogP contribution is -2.08. The summed E-state index contributed by atoms with van der Waals surface area (Å²) in [6.45, 7) is 1.79. The number of benzene rings is 2. The molecule has 0 amide bonds. The lowest BCUT2D eigenvalue weighted by Gasteiger charge is -2.09. The standard InChI is InChI=1S/C16H17O4P/c1-12(17)10-13-6-8-15(9-7-13)20-11-14-4-2-3-5-16(14)21(18)19/h2-9,21H,10-11H2,1H3,(H,18,19). The van der Waals surface area contributed by atoms with E-state index in [2.05, 4.69) is 0 Å². The smallest absolute Gasteiger partial charge is 0.218 e. The summed E-state index contributed by atoms with van der Waals surface area (Å²) in [5, 5.41) is 0.427. The first-order valence-electron chi connectivity index (χ1n) is 6.58. The Morgan fingerprint density at radius 2 is 1.81 bits per heavy atom. The van der Waals surface area contributed by atoms with Gasteiger partial charge in [0.15, 0.2) is 0 Å². The maximum atomic E-state index is 11.3. The maximum absolute atomic E-state index is 11.3. The Morgan fingerprint density at radius 1 is 1.14 bits per heavy atom. The van der Waals surface area contributed by atoms with E-state index < -0.39 is 8.03 Å². The third-order valence-electron chi connectivity index (χ3n) is 3.02. The van der Waals surface area contributed by atoms with E-state index in [-0.39, 0.29) is 12.4 Å². The molecule has 110 valence electrons. The second kappa shape index (κ2) is 7.21. The Bertz CT molecular complexity index is 650. The number of carbonyl (C=O) groups is 1. The number of ketones is 1. The molecule has 1 N–H and O–H groups in total. The molecule has 0 saturated carbocycles. The minimum absolute atomic E-state index is 0.116.